The number of aryl methyl sites for hydroxylation is 2. The first-order valence-electron chi connectivity index (χ1n) is 15.7. The SMILES string of the molecule is CC(C)CC(C)C.CCC(C)C(C)C.Cc1cccc(C(C)(C)C(C)C)n1.Cc1cccc([C@H](C)C(C)C)n1. The van der Waals surface area contributed by atoms with E-state index in [2.05, 4.69) is 138 Å². The van der Waals surface area contributed by atoms with E-state index in [9.17, 15) is 0 Å². The fraction of sp³-hybridized carbons (Fsp3) is 0.730. The van der Waals surface area contributed by atoms with Gasteiger partial charge in [-0.25, -0.2) is 0 Å². The first-order chi connectivity index (χ1) is 17.9. The molecule has 0 aromatic carbocycles. The molecule has 2 rings (SSSR count). The first kappa shape index (κ1) is 39.4. The van der Waals surface area contributed by atoms with Crippen molar-refractivity contribution in [1.29, 1.82) is 0 Å². The summed E-state index contributed by atoms with van der Waals surface area (Å²) < 4.78 is 0. The second-order valence-electron chi connectivity index (χ2n) is 13.9. The van der Waals surface area contributed by atoms with Gasteiger partial charge in [0.2, 0.25) is 0 Å². The average Bonchev–Trinajstić information content (AvgIpc) is 2.83. The number of nitrogens with zero attached hydrogens (tertiary/aromatic N) is 2. The molecule has 0 bridgehead atoms. The Morgan fingerprint density at radius 2 is 1.10 bits per heavy atom. The van der Waals surface area contributed by atoms with Gasteiger partial charge in [0.1, 0.15) is 0 Å². The van der Waals surface area contributed by atoms with Crippen molar-refractivity contribution in [2.45, 2.75) is 142 Å². The van der Waals surface area contributed by atoms with Gasteiger partial charge in [0.25, 0.3) is 0 Å². The molecule has 0 aliphatic carbocycles. The van der Waals surface area contributed by atoms with Crippen LogP contribution in [0.2, 0.25) is 0 Å². The Hall–Kier alpha value is -1.70. The summed E-state index contributed by atoms with van der Waals surface area (Å²) in [4.78, 5) is 9.06. The number of hydrogen-bond acceptors (Lipinski definition) is 2. The van der Waals surface area contributed by atoms with Crippen molar-refractivity contribution in [3.05, 3.63) is 59.2 Å². The molecule has 0 aliphatic rings. The molecule has 0 saturated heterocycles. The lowest BCUT2D eigenvalue weighted by molar-refractivity contribution is 0.362. The van der Waals surface area contributed by atoms with Crippen molar-refractivity contribution >= 4 is 0 Å². The Kier molecular flexibility index (Phi) is 20.4. The standard InChI is InChI=1S/C12H19N.C11H17N.2C7H16/c1-9(2)12(4,5)11-8-6-7-10(3)13-11;1-8(2)10(4)11-7-5-6-9(3)12-11;1-6(2)5-7(3)4;1-5-7(4)6(2)3/h6-9H,1-5H3;5-8,10H,1-4H3;2*6-7H,5H2,1-4H3/t;10-;;/m.1../s1. The topological polar surface area (TPSA) is 25.8 Å². The number of aromatic nitrogens is 2. The molecule has 2 atom stereocenters. The Bertz CT molecular complexity index is 855. The molecule has 2 heterocycles. The molecule has 0 amide bonds. The molecule has 2 aromatic rings. The molecular formula is C37H68N2. The summed E-state index contributed by atoms with van der Waals surface area (Å²) in [6.45, 7) is 37.9. The maximum atomic E-state index is 4.57. The van der Waals surface area contributed by atoms with Crippen LogP contribution in [0.25, 0.3) is 0 Å². The number of rotatable bonds is 8. The van der Waals surface area contributed by atoms with Crippen LogP contribution in [-0.4, -0.2) is 9.97 Å². The minimum atomic E-state index is 0.173. The summed E-state index contributed by atoms with van der Waals surface area (Å²) in [5.74, 6) is 5.36. The van der Waals surface area contributed by atoms with Crippen molar-refractivity contribution < 1.29 is 0 Å². The van der Waals surface area contributed by atoms with Crippen LogP contribution in [-0.2, 0) is 5.41 Å². The molecular weight excluding hydrogens is 472 g/mol. The molecule has 2 heteroatoms. The maximum absolute atomic E-state index is 4.57. The summed E-state index contributed by atoms with van der Waals surface area (Å²) in [6, 6.07) is 12.5. The lowest BCUT2D eigenvalue weighted by Gasteiger charge is -2.28. The van der Waals surface area contributed by atoms with Crippen LogP contribution >= 0.6 is 0 Å². The fourth-order valence-corrected chi connectivity index (χ4v) is 3.77. The normalized spacial score (nSPS) is 12.9. The average molecular weight is 541 g/mol. The van der Waals surface area contributed by atoms with Crippen LogP contribution in [0.5, 0.6) is 0 Å². The minimum absolute atomic E-state index is 0.173. The maximum Gasteiger partial charge on any atom is 0.0465 e. The molecule has 39 heavy (non-hydrogen) atoms. The highest BCUT2D eigenvalue weighted by molar-refractivity contribution is 5.18. The van der Waals surface area contributed by atoms with E-state index in [0.717, 1.165) is 35.1 Å². The van der Waals surface area contributed by atoms with Crippen LogP contribution in [0.15, 0.2) is 36.4 Å². The van der Waals surface area contributed by atoms with Gasteiger partial charge in [-0.05, 0) is 80.0 Å². The first-order valence-corrected chi connectivity index (χ1v) is 15.7. The van der Waals surface area contributed by atoms with E-state index in [1.165, 1.54) is 24.2 Å². The zero-order valence-electron chi connectivity index (χ0n) is 29.3. The van der Waals surface area contributed by atoms with Gasteiger partial charge in [0.05, 0.1) is 0 Å². The van der Waals surface area contributed by atoms with Crippen molar-refractivity contribution in [3.8, 4) is 0 Å². The molecule has 0 fully saturated rings. The van der Waals surface area contributed by atoms with Crippen LogP contribution in [0.3, 0.4) is 0 Å². The molecule has 0 aliphatic heterocycles. The van der Waals surface area contributed by atoms with Crippen LogP contribution in [0.1, 0.15) is 145 Å². The second-order valence-corrected chi connectivity index (χ2v) is 13.9. The van der Waals surface area contributed by atoms with Gasteiger partial charge in [-0.3, -0.25) is 9.97 Å². The number of pyridine rings is 2. The van der Waals surface area contributed by atoms with Gasteiger partial charge in [0.15, 0.2) is 0 Å². The lowest BCUT2D eigenvalue weighted by Crippen LogP contribution is -2.25. The van der Waals surface area contributed by atoms with E-state index in [-0.39, 0.29) is 5.41 Å². The third kappa shape index (κ3) is 18.3. The quantitative estimate of drug-likeness (QED) is 0.333. The van der Waals surface area contributed by atoms with E-state index < -0.39 is 0 Å². The Morgan fingerprint density at radius 1 is 0.641 bits per heavy atom. The lowest BCUT2D eigenvalue weighted by atomic mass is 9.78. The minimum Gasteiger partial charge on any atom is -0.258 e. The van der Waals surface area contributed by atoms with Gasteiger partial charge in [-0.1, -0.05) is 122 Å². The molecule has 2 aromatic heterocycles. The number of hydrogen-bond donors (Lipinski definition) is 0. The van der Waals surface area contributed by atoms with Crippen molar-refractivity contribution in [1.82, 2.24) is 9.97 Å². The predicted molar refractivity (Wildman–Crippen MR) is 178 cm³/mol. The van der Waals surface area contributed by atoms with Gasteiger partial charge >= 0.3 is 0 Å². The molecule has 2 nitrogen and oxygen atoms in total. The van der Waals surface area contributed by atoms with E-state index in [0.29, 0.717) is 17.8 Å². The molecule has 0 N–H and O–H groups in total. The smallest absolute Gasteiger partial charge is 0.0465 e. The van der Waals surface area contributed by atoms with Crippen molar-refractivity contribution in [3.63, 3.8) is 0 Å². The van der Waals surface area contributed by atoms with Crippen molar-refractivity contribution in [2.24, 2.45) is 35.5 Å². The Balaban J connectivity index is 0. The molecule has 0 spiro atoms. The summed E-state index contributed by atoms with van der Waals surface area (Å²) in [5.41, 5.74) is 4.80. The summed E-state index contributed by atoms with van der Waals surface area (Å²) in [5, 5.41) is 0. The molecule has 0 saturated carbocycles. The summed E-state index contributed by atoms with van der Waals surface area (Å²) >= 11 is 0. The van der Waals surface area contributed by atoms with E-state index >= 15 is 0 Å². The van der Waals surface area contributed by atoms with Gasteiger partial charge in [-0.2, -0.15) is 0 Å². The van der Waals surface area contributed by atoms with Crippen LogP contribution in [0.4, 0.5) is 0 Å². The Labute approximate surface area is 246 Å². The zero-order chi connectivity index (χ0) is 30.9. The molecule has 226 valence electrons. The van der Waals surface area contributed by atoms with Crippen LogP contribution in [0, 0.1) is 49.4 Å². The summed E-state index contributed by atoms with van der Waals surface area (Å²) in [6.07, 6.45) is 2.68. The van der Waals surface area contributed by atoms with Gasteiger partial charge in [0, 0.05) is 34.1 Å². The van der Waals surface area contributed by atoms with E-state index in [4.69, 9.17) is 0 Å². The largest absolute Gasteiger partial charge is 0.258 e. The highest BCUT2D eigenvalue weighted by atomic mass is 14.7. The summed E-state index contributed by atoms with van der Waals surface area (Å²) in [7, 11) is 0. The molecule has 0 radical (unpaired) electrons. The fourth-order valence-electron chi connectivity index (χ4n) is 3.77. The Morgan fingerprint density at radius 3 is 1.38 bits per heavy atom. The van der Waals surface area contributed by atoms with Crippen molar-refractivity contribution in [2.75, 3.05) is 0 Å². The van der Waals surface area contributed by atoms with Gasteiger partial charge < -0.3 is 0 Å². The zero-order valence-corrected chi connectivity index (χ0v) is 29.3. The molecule has 1 unspecified atom stereocenters. The van der Waals surface area contributed by atoms with E-state index in [1.807, 2.05) is 26.0 Å². The van der Waals surface area contributed by atoms with Crippen LogP contribution < -0.4 is 0 Å². The third-order valence-electron chi connectivity index (χ3n) is 8.09. The van der Waals surface area contributed by atoms with E-state index in [1.54, 1.807) is 0 Å². The monoisotopic (exact) mass is 541 g/mol. The predicted octanol–water partition coefficient (Wildman–Crippen LogP) is 11.9. The highest BCUT2D eigenvalue weighted by Crippen LogP contribution is 2.29. The van der Waals surface area contributed by atoms with Gasteiger partial charge in [-0.15, -0.1) is 0 Å². The third-order valence-corrected chi connectivity index (χ3v) is 8.09. The highest BCUT2D eigenvalue weighted by Gasteiger charge is 2.25. The second kappa shape index (κ2) is 20.2.